The second-order valence-electron chi connectivity index (χ2n) is 3.33. The summed E-state index contributed by atoms with van der Waals surface area (Å²) >= 11 is 3.36. The van der Waals surface area contributed by atoms with Gasteiger partial charge < -0.3 is 4.74 Å². The first kappa shape index (κ1) is 11.1. The van der Waals surface area contributed by atoms with Gasteiger partial charge in [-0.1, -0.05) is 0 Å². The molecule has 2 rings (SSSR count). The molecule has 2 aromatic rings. The minimum absolute atomic E-state index is 0.285. The summed E-state index contributed by atoms with van der Waals surface area (Å²) in [5, 5.41) is 0. The highest BCUT2D eigenvalue weighted by Crippen LogP contribution is 2.23. The van der Waals surface area contributed by atoms with Crippen LogP contribution in [0.15, 0.2) is 41.0 Å². The van der Waals surface area contributed by atoms with Crippen LogP contribution in [0.2, 0.25) is 0 Å². The molecule has 2 nitrogen and oxygen atoms in total. The van der Waals surface area contributed by atoms with Crippen LogP contribution in [0.25, 0.3) is 0 Å². The molecule has 0 saturated heterocycles. The molecule has 0 amide bonds. The zero-order chi connectivity index (χ0) is 11.5. The summed E-state index contributed by atoms with van der Waals surface area (Å²) in [4.78, 5) is 4.09. The summed E-state index contributed by atoms with van der Waals surface area (Å²) in [5.74, 6) is 0.773. The molecule has 4 heteroatoms. The topological polar surface area (TPSA) is 22.1 Å². The quantitative estimate of drug-likeness (QED) is 0.827. The van der Waals surface area contributed by atoms with Crippen LogP contribution in [-0.2, 0) is 0 Å². The summed E-state index contributed by atoms with van der Waals surface area (Å²) in [6, 6.07) is 7.64. The SMILES string of the molecule is Cc1cc(Oc2ccc(F)cc2)ncc1Br. The molecule has 1 aromatic carbocycles. The van der Waals surface area contributed by atoms with E-state index in [-0.39, 0.29) is 5.82 Å². The molecule has 0 bridgehead atoms. The summed E-state index contributed by atoms with van der Waals surface area (Å²) in [7, 11) is 0. The van der Waals surface area contributed by atoms with E-state index in [1.54, 1.807) is 18.3 Å². The lowest BCUT2D eigenvalue weighted by atomic mass is 10.3. The second kappa shape index (κ2) is 4.61. The van der Waals surface area contributed by atoms with Crippen LogP contribution < -0.4 is 4.74 Å². The van der Waals surface area contributed by atoms with Gasteiger partial charge in [-0.3, -0.25) is 0 Å². The first-order chi connectivity index (χ1) is 7.65. The molecule has 0 N–H and O–H groups in total. The number of hydrogen-bond acceptors (Lipinski definition) is 2. The van der Waals surface area contributed by atoms with Crippen molar-refractivity contribution in [3.8, 4) is 11.6 Å². The van der Waals surface area contributed by atoms with E-state index in [9.17, 15) is 4.39 Å². The molecule has 0 spiro atoms. The molecular formula is C12H9BrFNO. The van der Waals surface area contributed by atoms with E-state index < -0.39 is 0 Å². The summed E-state index contributed by atoms with van der Waals surface area (Å²) in [6.45, 7) is 1.95. The fourth-order valence-corrected chi connectivity index (χ4v) is 1.41. The van der Waals surface area contributed by atoms with Crippen molar-refractivity contribution >= 4 is 15.9 Å². The van der Waals surface area contributed by atoms with E-state index in [1.807, 2.05) is 13.0 Å². The van der Waals surface area contributed by atoms with Crippen LogP contribution in [0.5, 0.6) is 11.6 Å². The number of pyridine rings is 1. The Labute approximate surface area is 101 Å². The van der Waals surface area contributed by atoms with Gasteiger partial charge in [0, 0.05) is 16.7 Å². The Bertz CT molecular complexity index is 499. The maximum absolute atomic E-state index is 12.7. The molecule has 0 saturated carbocycles. The standard InChI is InChI=1S/C12H9BrFNO/c1-8-6-12(15-7-11(8)13)16-10-4-2-9(14)3-5-10/h2-7H,1H3. The van der Waals surface area contributed by atoms with Gasteiger partial charge in [-0.05, 0) is 52.7 Å². The van der Waals surface area contributed by atoms with Gasteiger partial charge in [0.25, 0.3) is 0 Å². The predicted octanol–water partition coefficient (Wildman–Crippen LogP) is 4.08. The highest BCUT2D eigenvalue weighted by Gasteiger charge is 2.01. The van der Waals surface area contributed by atoms with Crippen LogP contribution >= 0.6 is 15.9 Å². The molecular weight excluding hydrogens is 273 g/mol. The largest absolute Gasteiger partial charge is 0.439 e. The lowest BCUT2D eigenvalue weighted by molar-refractivity contribution is 0.460. The van der Waals surface area contributed by atoms with Crippen LogP contribution in [-0.4, -0.2) is 4.98 Å². The Kier molecular flexibility index (Phi) is 3.19. The maximum atomic E-state index is 12.7. The molecule has 0 aliphatic carbocycles. The Hall–Kier alpha value is -1.42. The molecule has 0 aliphatic rings. The molecule has 0 radical (unpaired) electrons. The van der Waals surface area contributed by atoms with Crippen molar-refractivity contribution in [3.05, 3.63) is 52.4 Å². The van der Waals surface area contributed by atoms with E-state index in [2.05, 4.69) is 20.9 Å². The van der Waals surface area contributed by atoms with Crippen LogP contribution in [0.3, 0.4) is 0 Å². The number of ether oxygens (including phenoxy) is 1. The van der Waals surface area contributed by atoms with Crippen molar-refractivity contribution in [2.24, 2.45) is 0 Å². The molecule has 1 heterocycles. The van der Waals surface area contributed by atoms with Gasteiger partial charge in [0.2, 0.25) is 5.88 Å². The van der Waals surface area contributed by atoms with Gasteiger partial charge in [0.15, 0.2) is 0 Å². The Balaban J connectivity index is 2.20. The van der Waals surface area contributed by atoms with Gasteiger partial charge in [-0.2, -0.15) is 0 Å². The van der Waals surface area contributed by atoms with Crippen molar-refractivity contribution in [1.82, 2.24) is 4.98 Å². The molecule has 0 fully saturated rings. The lowest BCUT2D eigenvalue weighted by Crippen LogP contribution is -1.89. The zero-order valence-corrected chi connectivity index (χ0v) is 10.2. The number of aryl methyl sites for hydroxylation is 1. The number of benzene rings is 1. The first-order valence-electron chi connectivity index (χ1n) is 4.71. The summed E-state index contributed by atoms with van der Waals surface area (Å²) in [6.07, 6.45) is 1.67. The average molecular weight is 282 g/mol. The van der Waals surface area contributed by atoms with Crippen molar-refractivity contribution in [1.29, 1.82) is 0 Å². The Morgan fingerprint density at radius 3 is 2.56 bits per heavy atom. The van der Waals surface area contributed by atoms with Gasteiger partial charge in [-0.25, -0.2) is 9.37 Å². The second-order valence-corrected chi connectivity index (χ2v) is 4.18. The minimum Gasteiger partial charge on any atom is -0.439 e. The minimum atomic E-state index is -0.285. The normalized spacial score (nSPS) is 10.2. The molecule has 82 valence electrons. The van der Waals surface area contributed by atoms with Crippen LogP contribution in [0.4, 0.5) is 4.39 Å². The third kappa shape index (κ3) is 2.58. The zero-order valence-electron chi connectivity index (χ0n) is 8.58. The summed E-state index contributed by atoms with van der Waals surface area (Å²) in [5.41, 5.74) is 1.03. The number of rotatable bonds is 2. The van der Waals surface area contributed by atoms with E-state index >= 15 is 0 Å². The van der Waals surface area contributed by atoms with Crippen molar-refractivity contribution < 1.29 is 9.13 Å². The molecule has 0 unspecified atom stereocenters. The number of hydrogen-bond donors (Lipinski definition) is 0. The number of halogens is 2. The molecule has 0 atom stereocenters. The summed E-state index contributed by atoms with van der Waals surface area (Å²) < 4.78 is 19.1. The fourth-order valence-electron chi connectivity index (χ4n) is 1.19. The van der Waals surface area contributed by atoms with Crippen molar-refractivity contribution in [3.63, 3.8) is 0 Å². The van der Waals surface area contributed by atoms with E-state index in [0.717, 1.165) is 10.0 Å². The van der Waals surface area contributed by atoms with E-state index in [4.69, 9.17) is 4.74 Å². The molecule has 16 heavy (non-hydrogen) atoms. The smallest absolute Gasteiger partial charge is 0.219 e. The molecule has 0 aliphatic heterocycles. The van der Waals surface area contributed by atoms with Crippen LogP contribution in [0, 0.1) is 12.7 Å². The predicted molar refractivity (Wildman–Crippen MR) is 63.1 cm³/mol. The van der Waals surface area contributed by atoms with E-state index in [1.165, 1.54) is 12.1 Å². The van der Waals surface area contributed by atoms with Gasteiger partial charge in [-0.15, -0.1) is 0 Å². The van der Waals surface area contributed by atoms with Gasteiger partial charge in [0.05, 0.1) is 0 Å². The maximum Gasteiger partial charge on any atom is 0.219 e. The van der Waals surface area contributed by atoms with Crippen LogP contribution in [0.1, 0.15) is 5.56 Å². The highest BCUT2D eigenvalue weighted by molar-refractivity contribution is 9.10. The fraction of sp³-hybridized carbons (Fsp3) is 0.0833. The Morgan fingerprint density at radius 2 is 1.94 bits per heavy atom. The lowest BCUT2D eigenvalue weighted by Gasteiger charge is -2.05. The molecule has 1 aromatic heterocycles. The van der Waals surface area contributed by atoms with E-state index in [0.29, 0.717) is 11.6 Å². The number of nitrogens with zero attached hydrogens (tertiary/aromatic N) is 1. The Morgan fingerprint density at radius 1 is 1.25 bits per heavy atom. The number of aromatic nitrogens is 1. The monoisotopic (exact) mass is 281 g/mol. The van der Waals surface area contributed by atoms with Gasteiger partial charge >= 0.3 is 0 Å². The van der Waals surface area contributed by atoms with Crippen molar-refractivity contribution in [2.75, 3.05) is 0 Å². The third-order valence-electron chi connectivity index (χ3n) is 2.06. The average Bonchev–Trinajstić information content (AvgIpc) is 2.27. The van der Waals surface area contributed by atoms with Crippen molar-refractivity contribution in [2.45, 2.75) is 6.92 Å². The highest BCUT2D eigenvalue weighted by atomic mass is 79.9. The first-order valence-corrected chi connectivity index (χ1v) is 5.50. The van der Waals surface area contributed by atoms with Gasteiger partial charge in [0.1, 0.15) is 11.6 Å². The third-order valence-corrected chi connectivity index (χ3v) is 2.89.